The summed E-state index contributed by atoms with van der Waals surface area (Å²) in [5.41, 5.74) is 1.20. The Hall–Kier alpha value is -1.49. The topological polar surface area (TPSA) is 51.0 Å². The fourth-order valence-corrected chi connectivity index (χ4v) is 1.97. The van der Waals surface area contributed by atoms with Crippen LogP contribution in [-0.2, 0) is 13.0 Å². The molecule has 0 spiro atoms. The van der Waals surface area contributed by atoms with Crippen LogP contribution in [0.15, 0.2) is 33.6 Å². The molecule has 2 aromatic rings. The lowest BCUT2D eigenvalue weighted by atomic mass is 10.2. The first-order valence-corrected chi connectivity index (χ1v) is 7.23. The summed E-state index contributed by atoms with van der Waals surface area (Å²) in [5, 5.41) is 11.0. The van der Waals surface area contributed by atoms with Crippen LogP contribution in [0.5, 0.6) is 0 Å². The molecule has 0 atom stereocenters. The second-order valence-corrected chi connectivity index (χ2v) is 4.83. The molecule has 0 saturated carbocycles. The van der Waals surface area contributed by atoms with Crippen molar-refractivity contribution in [1.82, 2.24) is 10.2 Å². The van der Waals surface area contributed by atoms with Crippen LogP contribution in [0.3, 0.4) is 0 Å². The van der Waals surface area contributed by atoms with Crippen molar-refractivity contribution in [2.45, 2.75) is 31.2 Å². The lowest BCUT2D eigenvalue weighted by Crippen LogP contribution is -1.99. The molecule has 1 heterocycles. The quantitative estimate of drug-likeness (QED) is 0.810. The van der Waals surface area contributed by atoms with Gasteiger partial charge in [-0.1, -0.05) is 24.2 Å². The third-order valence-electron chi connectivity index (χ3n) is 2.53. The van der Waals surface area contributed by atoms with Crippen LogP contribution in [0, 0.1) is 0 Å². The largest absolute Gasteiger partial charge is 0.408 e. The Balaban J connectivity index is 1.89. The summed E-state index contributed by atoms with van der Waals surface area (Å²) in [6.07, 6.45) is 3.91. The number of hydrogen-bond donors (Lipinski definition) is 1. The number of thioether (sulfide) groups is 1. The molecule has 0 bridgehead atoms. The predicted molar refractivity (Wildman–Crippen MR) is 73.8 cm³/mol. The molecule has 5 heteroatoms. The average molecular weight is 263 g/mol. The van der Waals surface area contributed by atoms with Crippen LogP contribution in [0.4, 0.5) is 6.01 Å². The van der Waals surface area contributed by atoms with E-state index in [1.54, 1.807) is 11.8 Å². The van der Waals surface area contributed by atoms with Crippen molar-refractivity contribution in [3.63, 3.8) is 0 Å². The third-order valence-corrected chi connectivity index (χ3v) is 3.28. The van der Waals surface area contributed by atoms with Crippen molar-refractivity contribution in [1.29, 1.82) is 0 Å². The van der Waals surface area contributed by atoms with Crippen LogP contribution in [-0.4, -0.2) is 16.5 Å². The number of rotatable bonds is 6. The molecule has 4 nitrogen and oxygen atoms in total. The van der Waals surface area contributed by atoms with E-state index in [1.807, 2.05) is 0 Å². The number of hydrogen-bond acceptors (Lipinski definition) is 5. The van der Waals surface area contributed by atoms with Crippen molar-refractivity contribution in [3.05, 3.63) is 35.7 Å². The Morgan fingerprint density at radius 2 is 2.00 bits per heavy atom. The monoisotopic (exact) mass is 263 g/mol. The van der Waals surface area contributed by atoms with Gasteiger partial charge in [0.05, 0.1) is 0 Å². The summed E-state index contributed by atoms with van der Waals surface area (Å²) >= 11 is 1.74. The number of nitrogens with zero attached hydrogens (tertiary/aromatic N) is 2. The smallest absolute Gasteiger partial charge is 0.315 e. The lowest BCUT2D eigenvalue weighted by Gasteiger charge is -2.02. The Morgan fingerprint density at radius 3 is 2.67 bits per heavy atom. The van der Waals surface area contributed by atoms with Gasteiger partial charge >= 0.3 is 6.01 Å². The van der Waals surface area contributed by atoms with E-state index in [9.17, 15) is 0 Å². The van der Waals surface area contributed by atoms with Crippen LogP contribution >= 0.6 is 11.8 Å². The lowest BCUT2D eigenvalue weighted by molar-refractivity contribution is 0.501. The highest BCUT2D eigenvalue weighted by Gasteiger charge is 2.04. The van der Waals surface area contributed by atoms with Crippen LogP contribution < -0.4 is 5.32 Å². The Morgan fingerprint density at radius 1 is 1.22 bits per heavy atom. The maximum atomic E-state index is 5.45. The molecule has 96 valence electrons. The number of anilines is 1. The highest BCUT2D eigenvalue weighted by Crippen LogP contribution is 2.15. The molecule has 0 aliphatic heterocycles. The van der Waals surface area contributed by atoms with E-state index in [2.05, 4.69) is 53.0 Å². The maximum absolute atomic E-state index is 5.45. The summed E-state index contributed by atoms with van der Waals surface area (Å²) < 4.78 is 5.45. The van der Waals surface area contributed by atoms with Crippen LogP contribution in [0.1, 0.15) is 24.8 Å². The fraction of sp³-hybridized carbons (Fsp3) is 0.385. The van der Waals surface area contributed by atoms with E-state index in [0.717, 1.165) is 12.8 Å². The minimum atomic E-state index is 0.493. The number of aryl methyl sites for hydroxylation is 1. The molecule has 1 aromatic heterocycles. The molecule has 0 aliphatic rings. The normalized spacial score (nSPS) is 10.6. The third kappa shape index (κ3) is 3.50. The molecule has 2 rings (SSSR count). The van der Waals surface area contributed by atoms with E-state index in [-0.39, 0.29) is 0 Å². The average Bonchev–Trinajstić information content (AvgIpc) is 2.85. The van der Waals surface area contributed by atoms with E-state index in [4.69, 9.17) is 4.42 Å². The van der Waals surface area contributed by atoms with Gasteiger partial charge in [-0.25, -0.2) is 0 Å². The van der Waals surface area contributed by atoms with Crippen molar-refractivity contribution < 1.29 is 4.42 Å². The van der Waals surface area contributed by atoms with Gasteiger partial charge in [-0.3, -0.25) is 0 Å². The molecule has 1 N–H and O–H groups in total. The van der Waals surface area contributed by atoms with Gasteiger partial charge in [-0.15, -0.1) is 16.9 Å². The first-order valence-electron chi connectivity index (χ1n) is 6.01. The summed E-state index contributed by atoms with van der Waals surface area (Å²) in [6, 6.07) is 8.91. The minimum absolute atomic E-state index is 0.493. The Bertz CT molecular complexity index is 481. The van der Waals surface area contributed by atoms with Crippen molar-refractivity contribution in [2.24, 2.45) is 0 Å². The van der Waals surface area contributed by atoms with Crippen LogP contribution in [0.2, 0.25) is 0 Å². The minimum Gasteiger partial charge on any atom is -0.408 e. The van der Waals surface area contributed by atoms with Crippen LogP contribution in [0.25, 0.3) is 0 Å². The molecular formula is C13H17N3OS. The molecule has 0 radical (unpaired) electrons. The van der Waals surface area contributed by atoms with Gasteiger partial charge in [0.25, 0.3) is 0 Å². The maximum Gasteiger partial charge on any atom is 0.315 e. The number of aromatic nitrogens is 2. The van der Waals surface area contributed by atoms with Gasteiger partial charge in [0, 0.05) is 17.9 Å². The molecule has 0 amide bonds. The van der Waals surface area contributed by atoms with Gasteiger partial charge in [-0.2, -0.15) is 0 Å². The van der Waals surface area contributed by atoms with Crippen molar-refractivity contribution >= 4 is 17.8 Å². The molecule has 0 aliphatic carbocycles. The second-order valence-electron chi connectivity index (χ2n) is 3.95. The van der Waals surface area contributed by atoms with Crippen molar-refractivity contribution in [3.8, 4) is 0 Å². The van der Waals surface area contributed by atoms with E-state index < -0.39 is 0 Å². The predicted octanol–water partition coefficient (Wildman–Crippen LogP) is 3.36. The zero-order chi connectivity index (χ0) is 12.8. The molecule has 1 aromatic carbocycles. The summed E-state index contributed by atoms with van der Waals surface area (Å²) in [4.78, 5) is 1.27. The highest BCUT2D eigenvalue weighted by atomic mass is 32.2. The van der Waals surface area contributed by atoms with Gasteiger partial charge < -0.3 is 9.73 Å². The zero-order valence-corrected chi connectivity index (χ0v) is 11.5. The first-order chi connectivity index (χ1) is 8.81. The fourth-order valence-electron chi connectivity index (χ4n) is 1.56. The second kappa shape index (κ2) is 6.44. The standard InChI is InChI=1S/C13H17N3OS/c1-3-4-12-15-16-13(17-12)14-9-10-5-7-11(18-2)8-6-10/h5-8H,3-4,9H2,1-2H3,(H,14,16). The van der Waals surface area contributed by atoms with E-state index in [0.29, 0.717) is 18.5 Å². The van der Waals surface area contributed by atoms with Gasteiger partial charge in [0.15, 0.2) is 0 Å². The Labute approximate surface area is 111 Å². The molecule has 0 fully saturated rings. The highest BCUT2D eigenvalue weighted by molar-refractivity contribution is 7.98. The summed E-state index contributed by atoms with van der Waals surface area (Å²) in [5.74, 6) is 0.692. The molecule has 0 saturated heterocycles. The molecule has 18 heavy (non-hydrogen) atoms. The van der Waals surface area contributed by atoms with E-state index in [1.165, 1.54) is 10.5 Å². The molecule has 0 unspecified atom stereocenters. The van der Waals surface area contributed by atoms with Gasteiger partial charge in [0.2, 0.25) is 5.89 Å². The zero-order valence-electron chi connectivity index (χ0n) is 10.6. The summed E-state index contributed by atoms with van der Waals surface area (Å²) in [6.45, 7) is 2.78. The van der Waals surface area contributed by atoms with Gasteiger partial charge in [-0.05, 0) is 30.4 Å². The van der Waals surface area contributed by atoms with E-state index >= 15 is 0 Å². The number of nitrogens with one attached hydrogen (secondary N) is 1. The molecular weight excluding hydrogens is 246 g/mol. The Kier molecular flexibility index (Phi) is 4.64. The van der Waals surface area contributed by atoms with Crippen molar-refractivity contribution in [2.75, 3.05) is 11.6 Å². The number of benzene rings is 1. The van der Waals surface area contributed by atoms with Gasteiger partial charge in [0.1, 0.15) is 0 Å². The SMILES string of the molecule is CCCc1nnc(NCc2ccc(SC)cc2)o1. The summed E-state index contributed by atoms with van der Waals surface area (Å²) in [7, 11) is 0. The first kappa shape index (κ1) is 13.0.